The van der Waals surface area contributed by atoms with E-state index in [1.54, 1.807) is 6.07 Å². The summed E-state index contributed by atoms with van der Waals surface area (Å²) in [6.07, 6.45) is 2.01. The highest BCUT2D eigenvalue weighted by atomic mass is 79.9. The number of rotatable bonds is 5. The van der Waals surface area contributed by atoms with Crippen LogP contribution in [0.3, 0.4) is 0 Å². The molecule has 21 heavy (non-hydrogen) atoms. The molecule has 1 aliphatic carbocycles. The third-order valence-corrected chi connectivity index (χ3v) is 5.86. The number of ether oxygens (including phenoxy) is 1. The van der Waals surface area contributed by atoms with Crippen LogP contribution >= 0.6 is 27.5 Å². The third kappa shape index (κ3) is 3.90. The Morgan fingerprint density at radius 1 is 1.48 bits per heavy atom. The molecule has 1 aromatic carbocycles. The summed E-state index contributed by atoms with van der Waals surface area (Å²) >= 11 is 9.15. The number of aliphatic hydroxyl groups excluding tert-OH is 1. The number of nitrogens with one attached hydrogen (secondary N) is 1. The quantitative estimate of drug-likeness (QED) is 0.799. The van der Waals surface area contributed by atoms with Crippen LogP contribution in [0.25, 0.3) is 0 Å². The largest absolute Gasteiger partial charge is 0.494 e. The molecule has 2 N–H and O–H groups in total. The second-order valence-corrected chi connectivity index (χ2v) is 8.06. The zero-order chi connectivity index (χ0) is 15.6. The van der Waals surface area contributed by atoms with Gasteiger partial charge in [0.05, 0.1) is 17.7 Å². The van der Waals surface area contributed by atoms with E-state index in [0.29, 0.717) is 9.50 Å². The van der Waals surface area contributed by atoms with E-state index in [9.17, 15) is 13.5 Å². The summed E-state index contributed by atoms with van der Waals surface area (Å²) in [5, 5.41) is 10.1. The Labute approximate surface area is 137 Å². The molecule has 0 aliphatic heterocycles. The van der Waals surface area contributed by atoms with E-state index in [1.165, 1.54) is 13.2 Å². The molecule has 0 saturated heterocycles. The van der Waals surface area contributed by atoms with E-state index in [0.717, 1.165) is 19.3 Å². The molecule has 5 nitrogen and oxygen atoms in total. The number of benzene rings is 1. The van der Waals surface area contributed by atoms with Gasteiger partial charge in [0.2, 0.25) is 10.0 Å². The molecule has 1 aromatic rings. The zero-order valence-electron chi connectivity index (χ0n) is 11.5. The van der Waals surface area contributed by atoms with Crippen LogP contribution in [0.5, 0.6) is 5.75 Å². The van der Waals surface area contributed by atoms with Crippen LogP contribution in [0.1, 0.15) is 19.3 Å². The van der Waals surface area contributed by atoms with Gasteiger partial charge in [-0.1, -0.05) is 18.0 Å². The Hall–Kier alpha value is -0.340. The maximum Gasteiger partial charge on any atom is 0.244 e. The number of sulfonamides is 1. The highest BCUT2D eigenvalue weighted by Crippen LogP contribution is 2.35. The first-order valence-corrected chi connectivity index (χ1v) is 9.21. The van der Waals surface area contributed by atoms with Crippen LogP contribution in [0.2, 0.25) is 5.02 Å². The van der Waals surface area contributed by atoms with Crippen molar-refractivity contribution in [3.63, 3.8) is 0 Å². The first-order chi connectivity index (χ1) is 9.85. The highest BCUT2D eigenvalue weighted by molar-refractivity contribution is 9.10. The van der Waals surface area contributed by atoms with E-state index in [4.69, 9.17) is 16.3 Å². The maximum atomic E-state index is 12.4. The summed E-state index contributed by atoms with van der Waals surface area (Å²) in [6, 6.07) is 2.92. The van der Waals surface area contributed by atoms with Crippen LogP contribution in [-0.4, -0.2) is 33.3 Å². The van der Waals surface area contributed by atoms with Crippen molar-refractivity contribution in [3.05, 3.63) is 21.6 Å². The molecule has 2 atom stereocenters. The minimum atomic E-state index is -3.76. The summed E-state index contributed by atoms with van der Waals surface area (Å²) < 4.78 is 33.0. The van der Waals surface area contributed by atoms with Gasteiger partial charge in [0, 0.05) is 11.6 Å². The molecule has 118 valence electrons. The lowest BCUT2D eigenvalue weighted by molar-refractivity contribution is 0.134. The van der Waals surface area contributed by atoms with Gasteiger partial charge in [-0.2, -0.15) is 0 Å². The molecule has 0 heterocycles. The molecule has 1 aliphatic rings. The minimum Gasteiger partial charge on any atom is -0.494 e. The second kappa shape index (κ2) is 6.83. The molecule has 0 spiro atoms. The van der Waals surface area contributed by atoms with Gasteiger partial charge in [-0.05, 0) is 46.8 Å². The molecule has 1 fully saturated rings. The number of hydrogen-bond donors (Lipinski definition) is 2. The average Bonchev–Trinajstić information content (AvgIpc) is 2.81. The van der Waals surface area contributed by atoms with E-state index >= 15 is 0 Å². The van der Waals surface area contributed by atoms with Crippen LogP contribution in [0, 0.1) is 5.92 Å². The van der Waals surface area contributed by atoms with Crippen molar-refractivity contribution in [1.29, 1.82) is 0 Å². The fourth-order valence-corrected chi connectivity index (χ4v) is 4.96. The lowest BCUT2D eigenvalue weighted by atomic mass is 10.1. The smallest absolute Gasteiger partial charge is 0.244 e. The van der Waals surface area contributed by atoms with Crippen molar-refractivity contribution >= 4 is 37.6 Å². The van der Waals surface area contributed by atoms with Gasteiger partial charge in [-0.25, -0.2) is 13.1 Å². The lowest BCUT2D eigenvalue weighted by Crippen LogP contribution is -2.32. The molecule has 1 saturated carbocycles. The number of methoxy groups -OCH3 is 1. The van der Waals surface area contributed by atoms with Crippen LogP contribution in [0.15, 0.2) is 21.5 Å². The first kappa shape index (κ1) is 17.0. The highest BCUT2D eigenvalue weighted by Gasteiger charge is 2.28. The maximum absolute atomic E-state index is 12.4. The van der Waals surface area contributed by atoms with Crippen molar-refractivity contribution < 1.29 is 18.3 Å². The first-order valence-electron chi connectivity index (χ1n) is 6.56. The van der Waals surface area contributed by atoms with Crippen molar-refractivity contribution in [2.45, 2.75) is 30.3 Å². The number of aliphatic hydroxyl groups is 1. The van der Waals surface area contributed by atoms with Gasteiger partial charge in [-0.3, -0.25) is 0 Å². The molecular weight excluding hydrogens is 382 g/mol. The Balaban J connectivity index is 2.23. The average molecular weight is 399 g/mol. The van der Waals surface area contributed by atoms with Crippen LogP contribution in [-0.2, 0) is 10.0 Å². The Kier molecular flexibility index (Phi) is 5.54. The molecular formula is C13H17BrClNO4S. The molecule has 0 radical (unpaired) electrons. The van der Waals surface area contributed by atoms with E-state index in [-0.39, 0.29) is 23.1 Å². The van der Waals surface area contributed by atoms with E-state index in [1.807, 2.05) is 0 Å². The topological polar surface area (TPSA) is 75.6 Å². The van der Waals surface area contributed by atoms with Crippen molar-refractivity contribution in [3.8, 4) is 5.75 Å². The van der Waals surface area contributed by atoms with Gasteiger partial charge in [-0.15, -0.1) is 0 Å². The minimum absolute atomic E-state index is 0.0168. The zero-order valence-corrected chi connectivity index (χ0v) is 14.6. The monoisotopic (exact) mass is 397 g/mol. The predicted octanol–water partition coefficient (Wildman–Crippen LogP) is 2.55. The lowest BCUT2D eigenvalue weighted by Gasteiger charge is -2.17. The standard InChI is InChI=1S/C13H17BrClNO4S/c1-20-13-10(14)5-9(15)6-12(13)21(18,19)16-7-8-3-2-4-11(8)17/h5-6,8,11,16-17H,2-4,7H2,1H3. The van der Waals surface area contributed by atoms with Gasteiger partial charge in [0.1, 0.15) is 4.90 Å². The molecule has 8 heteroatoms. The van der Waals surface area contributed by atoms with Gasteiger partial charge in [0.15, 0.2) is 5.75 Å². The molecule has 2 rings (SSSR count). The van der Waals surface area contributed by atoms with Crippen LogP contribution < -0.4 is 9.46 Å². The molecule has 0 aromatic heterocycles. The summed E-state index contributed by atoms with van der Waals surface area (Å²) in [6.45, 7) is 0.205. The van der Waals surface area contributed by atoms with Gasteiger partial charge >= 0.3 is 0 Å². The third-order valence-electron chi connectivity index (χ3n) is 3.62. The predicted molar refractivity (Wildman–Crippen MR) is 84.2 cm³/mol. The summed E-state index contributed by atoms with van der Waals surface area (Å²) in [5.74, 6) is 0.160. The fourth-order valence-electron chi connectivity index (χ4n) is 2.48. The van der Waals surface area contributed by atoms with Crippen molar-refractivity contribution in [2.24, 2.45) is 5.92 Å². The SMILES string of the molecule is COc1c(Br)cc(Cl)cc1S(=O)(=O)NCC1CCCC1O. The normalized spacial score (nSPS) is 22.5. The molecule has 0 amide bonds. The van der Waals surface area contributed by atoms with E-state index in [2.05, 4.69) is 20.7 Å². The molecule has 0 bridgehead atoms. The number of halogens is 2. The van der Waals surface area contributed by atoms with Gasteiger partial charge < -0.3 is 9.84 Å². The van der Waals surface area contributed by atoms with Crippen LogP contribution in [0.4, 0.5) is 0 Å². The number of hydrogen-bond acceptors (Lipinski definition) is 4. The summed E-state index contributed by atoms with van der Waals surface area (Å²) in [5.41, 5.74) is 0. The van der Waals surface area contributed by atoms with E-state index < -0.39 is 16.1 Å². The molecule has 2 unspecified atom stereocenters. The van der Waals surface area contributed by atoms with Crippen molar-refractivity contribution in [2.75, 3.05) is 13.7 Å². The Bertz CT molecular complexity index is 623. The Morgan fingerprint density at radius 2 is 2.19 bits per heavy atom. The fraction of sp³-hybridized carbons (Fsp3) is 0.538. The van der Waals surface area contributed by atoms with Crippen molar-refractivity contribution in [1.82, 2.24) is 4.72 Å². The second-order valence-electron chi connectivity index (χ2n) is 5.03. The summed E-state index contributed by atoms with van der Waals surface area (Å²) in [4.78, 5) is -0.0168. The van der Waals surface area contributed by atoms with Gasteiger partial charge in [0.25, 0.3) is 0 Å². The summed E-state index contributed by atoms with van der Waals surface area (Å²) in [7, 11) is -2.36. The Morgan fingerprint density at radius 3 is 2.76 bits per heavy atom.